The first-order valence-electron chi connectivity index (χ1n) is 13.9. The number of rotatable bonds is 10. The molecule has 0 aromatic heterocycles. The summed E-state index contributed by atoms with van der Waals surface area (Å²) in [5, 5.41) is 0. The molecule has 1 fully saturated rings. The minimum absolute atomic E-state index is 0.0400. The van der Waals surface area contributed by atoms with Gasteiger partial charge in [0.05, 0.1) is 17.0 Å². The molecule has 0 saturated carbocycles. The molecule has 1 aliphatic heterocycles. The van der Waals surface area contributed by atoms with E-state index in [0.29, 0.717) is 19.3 Å². The Balaban J connectivity index is 1.51. The van der Waals surface area contributed by atoms with Gasteiger partial charge in [0, 0.05) is 37.8 Å². The van der Waals surface area contributed by atoms with Gasteiger partial charge in [-0.3, -0.25) is 9.59 Å². The Labute approximate surface area is 244 Å². The number of likely N-dealkylation sites (tertiary alicyclic amines) is 1. The van der Waals surface area contributed by atoms with Crippen LogP contribution in [0.5, 0.6) is 0 Å². The van der Waals surface area contributed by atoms with Crippen molar-refractivity contribution in [2.75, 3.05) is 26.2 Å². The lowest BCUT2D eigenvalue weighted by Gasteiger charge is -2.39. The van der Waals surface area contributed by atoms with E-state index < -0.39 is 27.7 Å². The first kappa shape index (κ1) is 31.2. The highest BCUT2D eigenvalue weighted by molar-refractivity contribution is 7.89. The summed E-state index contributed by atoms with van der Waals surface area (Å²) in [6.07, 6.45) is -3.22. The van der Waals surface area contributed by atoms with Gasteiger partial charge < -0.3 is 9.80 Å². The Morgan fingerprint density at radius 3 is 2.12 bits per heavy atom. The standard InChI is InChI=1S/C31H34F3N3O4S/c1-2-18-36(42(40,41)28-14-7-4-8-15-28)23-29(38)37(22-24-10-5-3-6-11-24)27-16-19-35(20-17-27)30(39)25-12-9-13-26(21-25)31(32,33)34/h3-15,21,27H,2,16-20,22-23H2,1H3. The fourth-order valence-electron chi connectivity index (χ4n) is 5.11. The van der Waals surface area contributed by atoms with Gasteiger partial charge in [0.25, 0.3) is 5.91 Å². The summed E-state index contributed by atoms with van der Waals surface area (Å²) < 4.78 is 67.5. The zero-order valence-corrected chi connectivity index (χ0v) is 24.2. The summed E-state index contributed by atoms with van der Waals surface area (Å²) in [5.41, 5.74) is -0.0481. The molecule has 0 atom stereocenters. The Bertz CT molecular complexity index is 1460. The van der Waals surface area contributed by atoms with Crippen molar-refractivity contribution in [2.45, 2.75) is 49.8 Å². The number of nitrogens with zero attached hydrogens (tertiary/aromatic N) is 3. The predicted molar refractivity (Wildman–Crippen MR) is 153 cm³/mol. The van der Waals surface area contributed by atoms with Crippen LogP contribution < -0.4 is 0 Å². The number of carbonyl (C=O) groups excluding carboxylic acids is 2. The molecule has 11 heteroatoms. The molecule has 4 rings (SSSR count). The van der Waals surface area contributed by atoms with E-state index in [1.54, 1.807) is 23.1 Å². The summed E-state index contributed by atoms with van der Waals surface area (Å²) in [5.74, 6) is -0.849. The molecule has 0 aliphatic carbocycles. The number of carbonyl (C=O) groups is 2. The maximum Gasteiger partial charge on any atom is 0.416 e. The zero-order chi connectivity index (χ0) is 30.3. The number of sulfonamides is 1. The number of alkyl halides is 3. The molecule has 3 aromatic rings. The second-order valence-corrected chi connectivity index (χ2v) is 12.2. The lowest BCUT2D eigenvalue weighted by Crippen LogP contribution is -2.51. The van der Waals surface area contributed by atoms with Crippen LogP contribution in [-0.2, 0) is 27.5 Å². The first-order chi connectivity index (χ1) is 20.0. The van der Waals surface area contributed by atoms with Gasteiger partial charge in [0.2, 0.25) is 15.9 Å². The number of amides is 2. The van der Waals surface area contributed by atoms with Crippen molar-refractivity contribution in [1.82, 2.24) is 14.1 Å². The number of halogens is 3. The van der Waals surface area contributed by atoms with E-state index in [-0.39, 0.29) is 55.1 Å². The van der Waals surface area contributed by atoms with Crippen molar-refractivity contribution in [3.8, 4) is 0 Å². The van der Waals surface area contributed by atoms with Gasteiger partial charge in [0.1, 0.15) is 0 Å². The molecule has 0 spiro atoms. The maximum atomic E-state index is 13.8. The van der Waals surface area contributed by atoms with Crippen LogP contribution in [0.25, 0.3) is 0 Å². The second-order valence-electron chi connectivity index (χ2n) is 10.3. The molecule has 224 valence electrons. The molecular weight excluding hydrogens is 567 g/mol. The third-order valence-corrected chi connectivity index (χ3v) is 9.17. The van der Waals surface area contributed by atoms with Crippen molar-refractivity contribution in [1.29, 1.82) is 0 Å². The van der Waals surface area contributed by atoms with Gasteiger partial charge in [-0.05, 0) is 55.2 Å². The van der Waals surface area contributed by atoms with Gasteiger partial charge >= 0.3 is 6.18 Å². The van der Waals surface area contributed by atoms with Crippen LogP contribution in [0.1, 0.15) is 47.7 Å². The van der Waals surface area contributed by atoms with Crippen LogP contribution in [-0.4, -0.2) is 66.6 Å². The molecule has 0 bridgehead atoms. The topological polar surface area (TPSA) is 78.0 Å². The molecule has 1 heterocycles. The minimum atomic E-state index is -4.55. The van der Waals surface area contributed by atoms with E-state index >= 15 is 0 Å². The van der Waals surface area contributed by atoms with Crippen molar-refractivity contribution in [3.63, 3.8) is 0 Å². The van der Waals surface area contributed by atoms with Gasteiger partial charge in [0.15, 0.2) is 0 Å². The van der Waals surface area contributed by atoms with Gasteiger partial charge in [-0.2, -0.15) is 17.5 Å². The smallest absolute Gasteiger partial charge is 0.338 e. The summed E-state index contributed by atoms with van der Waals surface area (Å²) >= 11 is 0. The fraction of sp³-hybridized carbons (Fsp3) is 0.355. The predicted octanol–water partition coefficient (Wildman–Crippen LogP) is 5.44. The molecular formula is C31H34F3N3O4S. The number of piperidine rings is 1. The first-order valence-corrected chi connectivity index (χ1v) is 15.3. The monoisotopic (exact) mass is 601 g/mol. The molecule has 7 nitrogen and oxygen atoms in total. The third kappa shape index (κ3) is 7.57. The van der Waals surface area contributed by atoms with E-state index in [1.165, 1.54) is 33.5 Å². The molecule has 1 saturated heterocycles. The van der Waals surface area contributed by atoms with Crippen LogP contribution >= 0.6 is 0 Å². The Kier molecular flexibility index (Phi) is 10.1. The summed E-state index contributed by atoms with van der Waals surface area (Å²) in [4.78, 5) is 30.1. The maximum absolute atomic E-state index is 13.8. The van der Waals surface area contributed by atoms with Gasteiger partial charge in [-0.25, -0.2) is 8.42 Å². The average molecular weight is 602 g/mol. The van der Waals surface area contributed by atoms with Crippen LogP contribution in [0.3, 0.4) is 0 Å². The summed E-state index contributed by atoms with van der Waals surface area (Å²) in [7, 11) is -3.91. The SMILES string of the molecule is CCCN(CC(=O)N(Cc1ccccc1)C1CCN(C(=O)c2cccc(C(F)(F)F)c2)CC1)S(=O)(=O)c1ccccc1. The van der Waals surface area contributed by atoms with Crippen LogP contribution in [0.2, 0.25) is 0 Å². The highest BCUT2D eigenvalue weighted by Gasteiger charge is 2.35. The molecule has 42 heavy (non-hydrogen) atoms. The van der Waals surface area contributed by atoms with E-state index in [9.17, 15) is 31.2 Å². The number of benzene rings is 3. The zero-order valence-electron chi connectivity index (χ0n) is 23.3. The van der Waals surface area contributed by atoms with Gasteiger partial charge in [-0.1, -0.05) is 61.5 Å². The third-order valence-electron chi connectivity index (χ3n) is 7.31. The lowest BCUT2D eigenvalue weighted by molar-refractivity contribution is -0.137. The van der Waals surface area contributed by atoms with E-state index in [0.717, 1.165) is 17.7 Å². The van der Waals surface area contributed by atoms with E-state index in [2.05, 4.69) is 0 Å². The highest BCUT2D eigenvalue weighted by Crippen LogP contribution is 2.30. The fourth-order valence-corrected chi connectivity index (χ4v) is 6.61. The molecule has 0 N–H and O–H groups in total. The van der Waals surface area contributed by atoms with Crippen LogP contribution in [0, 0.1) is 0 Å². The normalized spacial score (nSPS) is 14.6. The van der Waals surface area contributed by atoms with Crippen molar-refractivity contribution in [2.24, 2.45) is 0 Å². The minimum Gasteiger partial charge on any atom is -0.338 e. The van der Waals surface area contributed by atoms with Crippen molar-refractivity contribution in [3.05, 3.63) is 102 Å². The van der Waals surface area contributed by atoms with Crippen LogP contribution in [0.15, 0.2) is 89.8 Å². The highest BCUT2D eigenvalue weighted by atomic mass is 32.2. The molecule has 2 amide bonds. The lowest BCUT2D eigenvalue weighted by atomic mass is 10.0. The number of hydrogen-bond acceptors (Lipinski definition) is 4. The van der Waals surface area contributed by atoms with Crippen molar-refractivity contribution < 1.29 is 31.2 Å². The van der Waals surface area contributed by atoms with Crippen LogP contribution in [0.4, 0.5) is 13.2 Å². The van der Waals surface area contributed by atoms with E-state index in [4.69, 9.17) is 0 Å². The average Bonchev–Trinajstić information content (AvgIpc) is 3.00. The Hall–Kier alpha value is -3.70. The largest absolute Gasteiger partial charge is 0.416 e. The quantitative estimate of drug-likeness (QED) is 0.310. The Morgan fingerprint density at radius 1 is 0.905 bits per heavy atom. The molecule has 3 aromatic carbocycles. The molecule has 0 radical (unpaired) electrons. The van der Waals surface area contributed by atoms with Crippen molar-refractivity contribution >= 4 is 21.8 Å². The van der Waals surface area contributed by atoms with Gasteiger partial charge in [-0.15, -0.1) is 0 Å². The number of hydrogen-bond donors (Lipinski definition) is 0. The van der Waals surface area contributed by atoms with E-state index in [1.807, 2.05) is 37.3 Å². The molecule has 0 unspecified atom stereocenters. The second kappa shape index (κ2) is 13.5. The summed E-state index contributed by atoms with van der Waals surface area (Å²) in [6, 6.07) is 21.4. The Morgan fingerprint density at radius 2 is 1.52 bits per heavy atom. The summed E-state index contributed by atoms with van der Waals surface area (Å²) in [6.45, 7) is 2.44. The molecule has 1 aliphatic rings.